The molecular formula is C9H17N3O2. The maximum Gasteiger partial charge on any atom is 0.240 e. The predicted octanol–water partition coefficient (Wildman–Crippen LogP) is -1.15. The Hall–Kier alpha value is -0.940. The van der Waals surface area contributed by atoms with E-state index in [-0.39, 0.29) is 24.3 Å². The number of imide groups is 1. The Morgan fingerprint density at radius 3 is 2.57 bits per heavy atom. The molecule has 5 heteroatoms. The molecule has 80 valence electrons. The quantitative estimate of drug-likeness (QED) is 0.537. The number of carbonyl (C=O) groups is 2. The van der Waals surface area contributed by atoms with Crippen LogP contribution in [-0.2, 0) is 9.59 Å². The second-order valence-electron chi connectivity index (χ2n) is 3.47. The van der Waals surface area contributed by atoms with Gasteiger partial charge in [0.25, 0.3) is 0 Å². The lowest BCUT2D eigenvalue weighted by Crippen LogP contribution is -2.43. The van der Waals surface area contributed by atoms with E-state index in [0.717, 1.165) is 25.9 Å². The van der Waals surface area contributed by atoms with Crippen LogP contribution in [0.3, 0.4) is 0 Å². The molecular weight excluding hydrogens is 182 g/mol. The molecule has 1 aliphatic rings. The molecule has 1 heterocycles. The molecule has 1 rings (SSSR count). The zero-order chi connectivity index (χ0) is 10.4. The van der Waals surface area contributed by atoms with Gasteiger partial charge in [-0.2, -0.15) is 0 Å². The Morgan fingerprint density at radius 2 is 2.00 bits per heavy atom. The van der Waals surface area contributed by atoms with Gasteiger partial charge in [-0.15, -0.1) is 0 Å². The van der Waals surface area contributed by atoms with Crippen LogP contribution >= 0.6 is 0 Å². The normalized spacial score (nSPS) is 17.8. The smallest absolute Gasteiger partial charge is 0.240 e. The number of rotatable bonds is 3. The maximum atomic E-state index is 11.5. The highest BCUT2D eigenvalue weighted by atomic mass is 16.2. The molecule has 3 N–H and O–H groups in total. The van der Waals surface area contributed by atoms with Crippen LogP contribution in [0, 0.1) is 5.92 Å². The zero-order valence-electron chi connectivity index (χ0n) is 8.43. The molecule has 5 nitrogen and oxygen atoms in total. The van der Waals surface area contributed by atoms with Crippen LogP contribution in [-0.4, -0.2) is 38.5 Å². The van der Waals surface area contributed by atoms with E-state index in [1.165, 1.54) is 0 Å². The molecule has 0 aliphatic carbocycles. The van der Waals surface area contributed by atoms with Crippen LogP contribution < -0.4 is 16.0 Å². The molecule has 1 fully saturated rings. The average molecular weight is 199 g/mol. The minimum absolute atomic E-state index is 0.00273. The SMILES string of the molecule is CNCC(=O)NC(=O)C1CCNCC1. The van der Waals surface area contributed by atoms with E-state index >= 15 is 0 Å². The van der Waals surface area contributed by atoms with Crippen molar-refractivity contribution < 1.29 is 9.59 Å². The van der Waals surface area contributed by atoms with E-state index < -0.39 is 0 Å². The number of amides is 2. The summed E-state index contributed by atoms with van der Waals surface area (Å²) in [5, 5.41) is 8.25. The first kappa shape index (κ1) is 11.1. The Balaban J connectivity index is 2.29. The van der Waals surface area contributed by atoms with E-state index in [1.807, 2.05) is 0 Å². The average Bonchev–Trinajstić information content (AvgIpc) is 2.19. The van der Waals surface area contributed by atoms with Crippen molar-refractivity contribution in [3.8, 4) is 0 Å². The molecule has 1 saturated heterocycles. The van der Waals surface area contributed by atoms with Crippen molar-refractivity contribution in [3.63, 3.8) is 0 Å². The van der Waals surface area contributed by atoms with Crippen molar-refractivity contribution in [2.24, 2.45) is 5.92 Å². The summed E-state index contributed by atoms with van der Waals surface area (Å²) in [7, 11) is 1.68. The summed E-state index contributed by atoms with van der Waals surface area (Å²) in [6, 6.07) is 0. The first-order valence-electron chi connectivity index (χ1n) is 4.93. The van der Waals surface area contributed by atoms with E-state index in [2.05, 4.69) is 16.0 Å². The Morgan fingerprint density at radius 1 is 1.36 bits per heavy atom. The standard InChI is InChI=1S/C9H17N3O2/c1-10-6-8(13)12-9(14)7-2-4-11-5-3-7/h7,10-11H,2-6H2,1H3,(H,12,13,14). The van der Waals surface area contributed by atoms with Gasteiger partial charge in [0.1, 0.15) is 0 Å². The van der Waals surface area contributed by atoms with E-state index in [1.54, 1.807) is 7.05 Å². The minimum Gasteiger partial charge on any atom is -0.317 e. The summed E-state index contributed by atoms with van der Waals surface area (Å²) in [5.74, 6) is -0.389. The fourth-order valence-corrected chi connectivity index (χ4v) is 1.53. The molecule has 14 heavy (non-hydrogen) atoms. The van der Waals surface area contributed by atoms with E-state index in [0.29, 0.717) is 0 Å². The number of likely N-dealkylation sites (N-methyl/N-ethyl adjacent to an activating group) is 1. The summed E-state index contributed by atoms with van der Waals surface area (Å²) >= 11 is 0. The summed E-state index contributed by atoms with van der Waals surface area (Å²) < 4.78 is 0. The monoisotopic (exact) mass is 199 g/mol. The van der Waals surface area contributed by atoms with Crippen molar-refractivity contribution in [3.05, 3.63) is 0 Å². The highest BCUT2D eigenvalue weighted by Crippen LogP contribution is 2.10. The van der Waals surface area contributed by atoms with E-state index in [9.17, 15) is 9.59 Å². The van der Waals surface area contributed by atoms with Crippen molar-refractivity contribution in [2.45, 2.75) is 12.8 Å². The van der Waals surface area contributed by atoms with Crippen LogP contribution in [0.1, 0.15) is 12.8 Å². The first-order valence-corrected chi connectivity index (χ1v) is 4.93. The van der Waals surface area contributed by atoms with Gasteiger partial charge in [0.05, 0.1) is 6.54 Å². The Bertz CT molecular complexity index is 212. The third-order valence-electron chi connectivity index (χ3n) is 2.31. The number of hydrogen-bond acceptors (Lipinski definition) is 4. The molecule has 1 aliphatic heterocycles. The lowest BCUT2D eigenvalue weighted by Gasteiger charge is -2.21. The molecule has 0 spiro atoms. The highest BCUT2D eigenvalue weighted by molar-refractivity contribution is 5.97. The first-order chi connectivity index (χ1) is 6.74. The zero-order valence-corrected chi connectivity index (χ0v) is 8.43. The van der Waals surface area contributed by atoms with Crippen molar-refractivity contribution in [1.82, 2.24) is 16.0 Å². The second kappa shape index (κ2) is 5.72. The molecule has 0 aromatic heterocycles. The van der Waals surface area contributed by atoms with Gasteiger partial charge in [-0.05, 0) is 33.0 Å². The third-order valence-corrected chi connectivity index (χ3v) is 2.31. The summed E-state index contributed by atoms with van der Waals surface area (Å²) in [6.07, 6.45) is 1.64. The molecule has 0 radical (unpaired) electrons. The predicted molar refractivity (Wildman–Crippen MR) is 52.7 cm³/mol. The van der Waals surface area contributed by atoms with Crippen molar-refractivity contribution in [1.29, 1.82) is 0 Å². The van der Waals surface area contributed by atoms with Crippen LogP contribution in [0.15, 0.2) is 0 Å². The van der Waals surface area contributed by atoms with Gasteiger partial charge in [0.15, 0.2) is 0 Å². The number of nitrogens with one attached hydrogen (secondary N) is 3. The highest BCUT2D eigenvalue weighted by Gasteiger charge is 2.21. The Kier molecular flexibility index (Phi) is 4.55. The summed E-state index contributed by atoms with van der Waals surface area (Å²) in [5.41, 5.74) is 0. The molecule has 2 amide bonds. The molecule has 0 bridgehead atoms. The molecule has 0 aromatic rings. The van der Waals surface area contributed by atoms with Crippen LogP contribution in [0.25, 0.3) is 0 Å². The van der Waals surface area contributed by atoms with Gasteiger partial charge in [-0.1, -0.05) is 0 Å². The van der Waals surface area contributed by atoms with Gasteiger partial charge in [0.2, 0.25) is 11.8 Å². The molecule has 0 saturated carbocycles. The fourth-order valence-electron chi connectivity index (χ4n) is 1.53. The molecule has 0 aromatic carbocycles. The van der Waals surface area contributed by atoms with Crippen LogP contribution in [0.4, 0.5) is 0 Å². The molecule has 0 atom stereocenters. The maximum absolute atomic E-state index is 11.5. The molecule has 0 unspecified atom stereocenters. The van der Waals surface area contributed by atoms with Gasteiger partial charge in [-0.25, -0.2) is 0 Å². The largest absolute Gasteiger partial charge is 0.317 e. The lowest BCUT2D eigenvalue weighted by molar-refractivity contribution is -0.132. The topological polar surface area (TPSA) is 70.2 Å². The van der Waals surface area contributed by atoms with Gasteiger partial charge in [-0.3, -0.25) is 14.9 Å². The van der Waals surface area contributed by atoms with Crippen LogP contribution in [0.2, 0.25) is 0 Å². The fraction of sp³-hybridized carbons (Fsp3) is 0.778. The van der Waals surface area contributed by atoms with Gasteiger partial charge in [0, 0.05) is 5.92 Å². The number of piperidine rings is 1. The summed E-state index contributed by atoms with van der Waals surface area (Å²) in [6.45, 7) is 1.91. The summed E-state index contributed by atoms with van der Waals surface area (Å²) in [4.78, 5) is 22.6. The minimum atomic E-state index is -0.254. The lowest BCUT2D eigenvalue weighted by atomic mass is 9.97. The van der Waals surface area contributed by atoms with Crippen molar-refractivity contribution in [2.75, 3.05) is 26.7 Å². The third kappa shape index (κ3) is 3.43. The second-order valence-corrected chi connectivity index (χ2v) is 3.47. The van der Waals surface area contributed by atoms with Gasteiger partial charge >= 0.3 is 0 Å². The van der Waals surface area contributed by atoms with Crippen molar-refractivity contribution >= 4 is 11.8 Å². The number of hydrogen-bond donors (Lipinski definition) is 3. The number of carbonyl (C=O) groups excluding carboxylic acids is 2. The van der Waals surface area contributed by atoms with Gasteiger partial charge < -0.3 is 10.6 Å². The Labute approximate surface area is 83.6 Å². The van der Waals surface area contributed by atoms with E-state index in [4.69, 9.17) is 0 Å². The van der Waals surface area contributed by atoms with Crippen LogP contribution in [0.5, 0.6) is 0 Å².